The molecule has 2 saturated carbocycles. The number of methoxy groups -OCH3 is 1. The summed E-state index contributed by atoms with van der Waals surface area (Å²) >= 11 is 0. The summed E-state index contributed by atoms with van der Waals surface area (Å²) in [5.74, 6) is -0.793. The number of ether oxygens (including phenoxy) is 4. The minimum Gasteiger partial charge on any atom is -0.489 e. The van der Waals surface area contributed by atoms with Gasteiger partial charge in [-0.1, -0.05) is 56.9 Å². The topological polar surface area (TPSA) is 94.5 Å². The summed E-state index contributed by atoms with van der Waals surface area (Å²) in [5.41, 5.74) is 1.82. The van der Waals surface area contributed by atoms with Crippen molar-refractivity contribution in [2.75, 3.05) is 7.11 Å². The maximum atomic E-state index is 13.0. The van der Waals surface area contributed by atoms with Gasteiger partial charge >= 0.3 is 5.97 Å². The van der Waals surface area contributed by atoms with Crippen LogP contribution in [0.2, 0.25) is 0 Å². The molecule has 0 aromatic rings. The van der Waals surface area contributed by atoms with Gasteiger partial charge in [-0.15, -0.1) is 0 Å². The molecule has 0 amide bonds. The van der Waals surface area contributed by atoms with Gasteiger partial charge in [-0.25, -0.2) is 4.79 Å². The number of hydrogen-bond acceptors (Lipinski definition) is 7. The average molecular weight is 527 g/mol. The monoisotopic (exact) mass is 526 g/mol. The van der Waals surface area contributed by atoms with Crippen molar-refractivity contribution in [3.05, 3.63) is 59.9 Å². The third kappa shape index (κ3) is 4.14. The lowest BCUT2D eigenvalue weighted by Gasteiger charge is -2.52. The molecule has 1 saturated heterocycles. The van der Waals surface area contributed by atoms with Gasteiger partial charge in [0.05, 0.1) is 17.8 Å². The van der Waals surface area contributed by atoms with E-state index in [9.17, 15) is 15.0 Å². The summed E-state index contributed by atoms with van der Waals surface area (Å²) < 4.78 is 25.2. The SMILES string of the molecule is C=C1C[C@@H]2C[C@H](OC)C(=C)O[C@H]([C@@H](C)O)[C@H](C)/C=C(\C)[C@]23O[C@H]2[C@H](OC(=O)C4=CC=CC4)[C@H](C)[C@@H](O)[C@@H]3[C@@H]12. The van der Waals surface area contributed by atoms with Gasteiger partial charge in [0.25, 0.3) is 0 Å². The second kappa shape index (κ2) is 10.1. The van der Waals surface area contributed by atoms with Gasteiger partial charge in [0, 0.05) is 36.4 Å². The van der Waals surface area contributed by atoms with Crippen LogP contribution >= 0.6 is 0 Å². The van der Waals surface area contributed by atoms with Gasteiger partial charge < -0.3 is 29.2 Å². The summed E-state index contributed by atoms with van der Waals surface area (Å²) in [7, 11) is 1.63. The molecule has 0 radical (unpaired) electrons. The Labute approximate surface area is 225 Å². The van der Waals surface area contributed by atoms with Crippen LogP contribution in [0.25, 0.3) is 0 Å². The van der Waals surface area contributed by atoms with Crippen LogP contribution in [0.4, 0.5) is 0 Å². The first-order chi connectivity index (χ1) is 18.0. The fourth-order valence-corrected chi connectivity index (χ4v) is 7.91. The number of carbonyl (C=O) groups is 1. The predicted molar refractivity (Wildman–Crippen MR) is 143 cm³/mol. The highest BCUT2D eigenvalue weighted by Gasteiger charge is 2.71. The van der Waals surface area contributed by atoms with Crippen molar-refractivity contribution >= 4 is 5.97 Å². The predicted octanol–water partition coefficient (Wildman–Crippen LogP) is 4.02. The molecule has 7 nitrogen and oxygen atoms in total. The quantitative estimate of drug-likeness (QED) is 0.422. The molecule has 0 aromatic heterocycles. The second-order valence-electron chi connectivity index (χ2n) is 12.0. The number of aliphatic hydroxyl groups excluding tert-OH is 2. The summed E-state index contributed by atoms with van der Waals surface area (Å²) in [6, 6.07) is 0. The summed E-state index contributed by atoms with van der Waals surface area (Å²) in [5, 5.41) is 22.4. The number of esters is 1. The highest BCUT2D eigenvalue weighted by Crippen LogP contribution is 2.64. The van der Waals surface area contributed by atoms with E-state index in [4.69, 9.17) is 18.9 Å². The Bertz CT molecular complexity index is 1090. The van der Waals surface area contributed by atoms with Gasteiger partial charge in [0.2, 0.25) is 0 Å². The zero-order valence-electron chi connectivity index (χ0n) is 23.1. The first-order valence-corrected chi connectivity index (χ1v) is 13.9. The fourth-order valence-electron chi connectivity index (χ4n) is 7.91. The third-order valence-corrected chi connectivity index (χ3v) is 9.73. The largest absolute Gasteiger partial charge is 0.489 e. The van der Waals surface area contributed by atoms with Gasteiger partial charge in [-0.05, 0) is 44.6 Å². The van der Waals surface area contributed by atoms with Crippen molar-refractivity contribution in [2.24, 2.45) is 29.6 Å². The van der Waals surface area contributed by atoms with Gasteiger partial charge in [-0.2, -0.15) is 0 Å². The Balaban J connectivity index is 1.59. The Morgan fingerprint density at radius 3 is 2.66 bits per heavy atom. The van der Waals surface area contributed by atoms with Crippen LogP contribution in [0.3, 0.4) is 0 Å². The van der Waals surface area contributed by atoms with Crippen molar-refractivity contribution < 1.29 is 34.0 Å². The zero-order valence-corrected chi connectivity index (χ0v) is 23.1. The highest BCUT2D eigenvalue weighted by molar-refractivity contribution is 5.90. The van der Waals surface area contributed by atoms with E-state index >= 15 is 0 Å². The van der Waals surface area contributed by atoms with E-state index in [0.717, 1.165) is 11.1 Å². The van der Waals surface area contributed by atoms with Crippen LogP contribution in [0, 0.1) is 29.6 Å². The normalized spacial score (nSPS) is 46.4. The number of hydrogen-bond donors (Lipinski definition) is 2. The molecule has 2 heterocycles. The lowest BCUT2D eigenvalue weighted by molar-refractivity contribution is -0.165. The second-order valence-corrected chi connectivity index (χ2v) is 12.0. The molecule has 5 aliphatic rings. The smallest absolute Gasteiger partial charge is 0.334 e. The van der Waals surface area contributed by atoms with E-state index in [-0.39, 0.29) is 35.6 Å². The summed E-state index contributed by atoms with van der Waals surface area (Å²) in [4.78, 5) is 13.0. The summed E-state index contributed by atoms with van der Waals surface area (Å²) in [6.07, 6.45) is 6.05. The maximum absolute atomic E-state index is 13.0. The number of carbonyl (C=O) groups excluding carboxylic acids is 1. The minimum atomic E-state index is -0.800. The molecule has 3 aliphatic carbocycles. The molecule has 1 spiro atoms. The Kier molecular flexibility index (Phi) is 7.27. The fraction of sp³-hybridized carbons (Fsp3) is 0.645. The molecule has 3 fully saturated rings. The molecule has 12 atom stereocenters. The third-order valence-electron chi connectivity index (χ3n) is 9.73. The Morgan fingerprint density at radius 2 is 2.03 bits per heavy atom. The number of allylic oxidation sites excluding steroid dienone is 3. The molecule has 0 unspecified atom stereocenters. The zero-order chi connectivity index (χ0) is 27.5. The van der Waals surface area contributed by atoms with Crippen molar-refractivity contribution in [3.63, 3.8) is 0 Å². The van der Waals surface area contributed by atoms with E-state index in [0.29, 0.717) is 30.6 Å². The van der Waals surface area contributed by atoms with Crippen LogP contribution in [0.15, 0.2) is 59.9 Å². The molecule has 0 aromatic carbocycles. The van der Waals surface area contributed by atoms with E-state index in [2.05, 4.69) is 26.2 Å². The van der Waals surface area contributed by atoms with Crippen LogP contribution in [-0.2, 0) is 23.7 Å². The van der Waals surface area contributed by atoms with Gasteiger partial charge in [-0.3, -0.25) is 0 Å². The van der Waals surface area contributed by atoms with Crippen molar-refractivity contribution in [1.82, 2.24) is 0 Å². The molecule has 4 bridgehead atoms. The maximum Gasteiger partial charge on any atom is 0.334 e. The van der Waals surface area contributed by atoms with Crippen molar-refractivity contribution in [3.8, 4) is 0 Å². The van der Waals surface area contributed by atoms with E-state index < -0.39 is 42.2 Å². The van der Waals surface area contributed by atoms with Crippen LogP contribution < -0.4 is 0 Å². The van der Waals surface area contributed by atoms with Crippen molar-refractivity contribution in [2.45, 2.75) is 89.2 Å². The molecular weight excluding hydrogens is 484 g/mol. The molecule has 2 N–H and O–H groups in total. The first-order valence-electron chi connectivity index (χ1n) is 13.9. The van der Waals surface area contributed by atoms with E-state index in [1.165, 1.54) is 0 Å². The van der Waals surface area contributed by atoms with E-state index in [1.54, 1.807) is 20.1 Å². The first kappa shape index (κ1) is 27.4. The van der Waals surface area contributed by atoms with Crippen molar-refractivity contribution in [1.29, 1.82) is 0 Å². The van der Waals surface area contributed by atoms with Gasteiger partial charge in [0.15, 0.2) is 0 Å². The Hall–Kier alpha value is -2.19. The van der Waals surface area contributed by atoms with Gasteiger partial charge in [0.1, 0.15) is 30.2 Å². The average Bonchev–Trinajstić information content (AvgIpc) is 3.49. The lowest BCUT2D eigenvalue weighted by Crippen LogP contribution is -2.59. The van der Waals surface area contributed by atoms with Crippen LogP contribution in [0.1, 0.15) is 47.0 Å². The lowest BCUT2D eigenvalue weighted by atomic mass is 9.53. The van der Waals surface area contributed by atoms with Crippen LogP contribution in [0.5, 0.6) is 0 Å². The molecule has 7 heteroatoms. The summed E-state index contributed by atoms with van der Waals surface area (Å²) in [6.45, 7) is 16.3. The highest BCUT2D eigenvalue weighted by atomic mass is 16.6. The van der Waals surface area contributed by atoms with E-state index in [1.807, 2.05) is 26.0 Å². The molecule has 2 aliphatic heterocycles. The minimum absolute atomic E-state index is 0.0591. The number of aliphatic hydroxyl groups is 2. The molecule has 208 valence electrons. The molecule has 5 rings (SSSR count). The standard InChI is InChI=1S/C31H42O7/c1-15-13-22-14-23(35-7)20(6)36-27(19(5)32)16(2)12-17(3)31(22)25-24(15)29(38-31)28(18(4)26(25)33)37-30(34)21-10-8-9-11-21/h8-10,12,16,18-19,22-29,32-33H,1,6,11,13-14H2,2-5,7H3/b17-12+/t16-,18-,19-,22-,23+,24-,25+,26-,27+,28-,29-,31+/m1/s1. The molecule has 38 heavy (non-hydrogen) atoms. The Morgan fingerprint density at radius 1 is 1.29 bits per heavy atom. The molecular formula is C31H42O7. The van der Waals surface area contributed by atoms with Crippen LogP contribution in [-0.4, -0.2) is 65.5 Å². The number of rotatable bonds is 4.